The summed E-state index contributed by atoms with van der Waals surface area (Å²) in [6.07, 6.45) is 16.8. The van der Waals surface area contributed by atoms with Crippen LogP contribution in [0.15, 0.2) is 0 Å². The molecule has 0 saturated carbocycles. The highest BCUT2D eigenvalue weighted by molar-refractivity contribution is 6.52. The molecule has 0 aromatic rings. The topological polar surface area (TPSA) is 27.7 Å². The molecule has 0 aromatic heterocycles. The fourth-order valence-electron chi connectivity index (χ4n) is 5.19. The van der Waals surface area contributed by atoms with Crippen molar-refractivity contribution in [1.29, 1.82) is 0 Å². The van der Waals surface area contributed by atoms with Crippen LogP contribution < -0.4 is 12.4 Å². The second-order valence-corrected chi connectivity index (χ2v) is 12.4. The minimum atomic E-state index is -2.87. The molecule has 0 fully saturated rings. The molecule has 0 spiro atoms. The number of hydrogen-bond acceptors (Lipinski definition) is 3. The summed E-state index contributed by atoms with van der Waals surface area (Å²) in [4.78, 5) is 0. The fourth-order valence-corrected chi connectivity index (χ4v) is 8.62. The van der Waals surface area contributed by atoms with Gasteiger partial charge in [0.15, 0.2) is 0 Å². The van der Waals surface area contributed by atoms with Gasteiger partial charge in [0.2, 0.25) is 0 Å². The van der Waals surface area contributed by atoms with E-state index in [1.54, 1.807) is 0 Å². The molecule has 0 radical (unpaired) electrons. The summed E-state index contributed by atoms with van der Waals surface area (Å²) in [5, 5.41) is 0. The van der Waals surface area contributed by atoms with E-state index < -0.39 is 8.97 Å². The Kier molecular flexibility index (Phi) is 24.5. The first kappa shape index (κ1) is 35.5. The molecule has 0 amide bonds. The van der Waals surface area contributed by atoms with Crippen LogP contribution in [-0.2, 0) is 13.3 Å². The average molecular weight is 510 g/mol. The highest BCUT2D eigenvalue weighted by atomic mass is 35.5. The molecule has 4 nitrogen and oxygen atoms in total. The average Bonchev–Trinajstić information content (AvgIpc) is 2.78. The van der Waals surface area contributed by atoms with Gasteiger partial charge in [0, 0.05) is 19.8 Å². The Hall–Kier alpha value is 0.347. The van der Waals surface area contributed by atoms with Crippen LogP contribution in [0.5, 0.6) is 0 Å². The zero-order valence-electron chi connectivity index (χ0n) is 23.6. The van der Waals surface area contributed by atoms with Gasteiger partial charge in [-0.2, -0.15) is 0 Å². The van der Waals surface area contributed by atoms with E-state index in [1.165, 1.54) is 83.5 Å². The summed E-state index contributed by atoms with van der Waals surface area (Å²) < 4.78 is 20.8. The van der Waals surface area contributed by atoms with Crippen LogP contribution >= 0.6 is 0 Å². The van der Waals surface area contributed by atoms with E-state index in [9.17, 15) is 0 Å². The maximum absolute atomic E-state index is 6.61. The molecule has 0 unspecified atom stereocenters. The number of unbranched alkanes of at least 4 members (excludes halogenated alkanes) is 6. The van der Waals surface area contributed by atoms with Gasteiger partial charge in [0.1, 0.15) is 0 Å². The lowest BCUT2D eigenvalue weighted by atomic mass is 9.94. The molecule has 0 bridgehead atoms. The van der Waals surface area contributed by atoms with Crippen LogP contribution in [-0.4, -0.2) is 52.6 Å². The fraction of sp³-hybridized carbons (Fsp3) is 1.00. The molecule has 0 atom stereocenters. The highest BCUT2D eigenvalue weighted by Crippen LogP contribution is 2.31. The van der Waals surface area contributed by atoms with Crippen molar-refractivity contribution in [3.05, 3.63) is 0 Å². The first-order valence-electron chi connectivity index (χ1n) is 14.3. The lowest BCUT2D eigenvalue weighted by Crippen LogP contribution is -3.00. The van der Waals surface area contributed by atoms with Crippen molar-refractivity contribution in [2.45, 2.75) is 132 Å². The molecule has 0 aliphatic rings. The van der Waals surface area contributed by atoms with Gasteiger partial charge in [-0.3, -0.25) is 0 Å². The zero-order chi connectivity index (χ0) is 24.1. The zero-order valence-corrected chi connectivity index (χ0v) is 25.3. The van der Waals surface area contributed by atoms with E-state index in [0.717, 1.165) is 29.7 Å². The summed E-state index contributed by atoms with van der Waals surface area (Å²) in [7, 11) is -2.87. The molecule has 6 heteroatoms. The predicted molar refractivity (Wildman–Crippen MR) is 142 cm³/mol. The Morgan fingerprint density at radius 2 is 0.939 bits per heavy atom. The third-order valence-electron chi connectivity index (χ3n) is 6.80. The highest BCUT2D eigenvalue weighted by Gasteiger charge is 2.64. The lowest BCUT2D eigenvalue weighted by molar-refractivity contribution is -0.861. The maximum Gasteiger partial charge on any atom is 0.784 e. The Labute approximate surface area is 216 Å². The van der Waals surface area contributed by atoms with E-state index in [1.807, 2.05) is 0 Å². The second-order valence-electron chi connectivity index (χ2n) is 9.49. The van der Waals surface area contributed by atoms with Gasteiger partial charge >= 0.3 is 8.97 Å². The second kappa shape index (κ2) is 22.8. The number of hydrogen-bond donors (Lipinski definition) is 0. The van der Waals surface area contributed by atoms with Crippen molar-refractivity contribution >= 4 is 8.97 Å². The maximum atomic E-state index is 6.61. The first-order valence-corrected chi connectivity index (χ1v) is 16.0. The molecule has 0 aliphatic heterocycles. The minimum absolute atomic E-state index is 0. The molecule has 0 rings (SSSR count). The molecule has 202 valence electrons. The quantitative estimate of drug-likeness (QED) is 0.133. The number of halogens is 1. The SMILES string of the molecule is CCCCCC[N+](CCCCCC)(CCC(CCC)CCC)[Si](OCC)(OCC)OCC.[Cl-]. The van der Waals surface area contributed by atoms with Gasteiger partial charge in [0.05, 0.1) is 19.6 Å². The standard InChI is InChI=1S/C27H60NO3Si.ClH/c1-8-15-17-19-24-28(25-20-18-16-9-2,26-23-27(21-10-3)22-11-4)32(29-12-5,30-13-6)31-14-7;/h27H,8-26H2,1-7H3;1H/q+1;/p-1. The molecule has 0 aliphatic carbocycles. The molecule has 0 aromatic carbocycles. The van der Waals surface area contributed by atoms with Crippen LogP contribution in [0.2, 0.25) is 0 Å². The molecule has 0 heterocycles. The van der Waals surface area contributed by atoms with Gasteiger partial charge in [0.25, 0.3) is 0 Å². The van der Waals surface area contributed by atoms with E-state index in [2.05, 4.69) is 48.5 Å². The van der Waals surface area contributed by atoms with Crippen LogP contribution in [0.25, 0.3) is 0 Å². The van der Waals surface area contributed by atoms with Crippen molar-refractivity contribution < 1.29 is 29.8 Å². The molecule has 33 heavy (non-hydrogen) atoms. The van der Waals surface area contributed by atoms with E-state index in [0.29, 0.717) is 19.8 Å². The van der Waals surface area contributed by atoms with Crippen LogP contribution in [0, 0.1) is 5.92 Å². The van der Waals surface area contributed by atoms with Crippen LogP contribution in [0.3, 0.4) is 0 Å². The summed E-state index contributed by atoms with van der Waals surface area (Å²) in [6.45, 7) is 21.0. The number of rotatable bonds is 24. The van der Waals surface area contributed by atoms with Crippen LogP contribution in [0.4, 0.5) is 0 Å². The third-order valence-corrected chi connectivity index (χ3v) is 10.6. The minimum Gasteiger partial charge on any atom is -1.00 e. The summed E-state index contributed by atoms with van der Waals surface area (Å²) in [6, 6.07) is 0. The van der Waals surface area contributed by atoms with Crippen molar-refractivity contribution in [1.82, 2.24) is 0 Å². The summed E-state index contributed by atoms with van der Waals surface area (Å²) >= 11 is 0. The smallest absolute Gasteiger partial charge is 0.784 e. The third kappa shape index (κ3) is 13.3. The van der Waals surface area contributed by atoms with E-state index >= 15 is 0 Å². The van der Waals surface area contributed by atoms with Gasteiger partial charge in [-0.1, -0.05) is 79.1 Å². The Morgan fingerprint density at radius 3 is 1.27 bits per heavy atom. The Morgan fingerprint density at radius 1 is 0.515 bits per heavy atom. The largest absolute Gasteiger partial charge is 1.00 e. The molecular weight excluding hydrogens is 450 g/mol. The van der Waals surface area contributed by atoms with Gasteiger partial charge in [-0.15, -0.1) is 0 Å². The number of quaternary nitrogens is 1. The summed E-state index contributed by atoms with van der Waals surface area (Å²) in [5.41, 5.74) is 0. The monoisotopic (exact) mass is 509 g/mol. The summed E-state index contributed by atoms with van der Waals surface area (Å²) in [5.74, 6) is 0.811. The van der Waals surface area contributed by atoms with Crippen molar-refractivity contribution in [3.63, 3.8) is 0 Å². The number of nitrogens with zero attached hydrogens (tertiary/aromatic N) is 1. The van der Waals surface area contributed by atoms with Gasteiger partial charge in [-0.25, -0.2) is 0 Å². The predicted octanol–water partition coefficient (Wildman–Crippen LogP) is 5.12. The van der Waals surface area contributed by atoms with Crippen molar-refractivity contribution in [2.75, 3.05) is 39.5 Å². The normalized spacial score (nSPS) is 12.4. The van der Waals surface area contributed by atoms with Gasteiger partial charge < -0.3 is 29.8 Å². The van der Waals surface area contributed by atoms with Gasteiger partial charge in [-0.05, 0) is 58.8 Å². The van der Waals surface area contributed by atoms with E-state index in [-0.39, 0.29) is 12.4 Å². The van der Waals surface area contributed by atoms with Crippen molar-refractivity contribution in [2.24, 2.45) is 5.92 Å². The van der Waals surface area contributed by atoms with E-state index in [4.69, 9.17) is 13.3 Å². The van der Waals surface area contributed by atoms with Crippen LogP contribution in [0.1, 0.15) is 132 Å². The Bertz CT molecular complexity index is 380. The van der Waals surface area contributed by atoms with Crippen molar-refractivity contribution in [3.8, 4) is 0 Å². The lowest BCUT2D eigenvalue weighted by Gasteiger charge is -2.48. The Balaban J connectivity index is 0. The molecular formula is C27H60ClNO3Si. The molecule has 0 saturated heterocycles. The molecule has 0 N–H and O–H groups in total. The first-order chi connectivity index (χ1) is 15.5.